The maximum absolute atomic E-state index is 12.7. The molecule has 2 aliphatic rings. The minimum atomic E-state index is 0.0494. The molecular formula is C22H24N2O. The number of nitrogens with one attached hydrogen (secondary N) is 1. The third-order valence-electron chi connectivity index (χ3n) is 5.56. The molecule has 3 unspecified atom stereocenters. The third kappa shape index (κ3) is 2.55. The van der Waals surface area contributed by atoms with Crippen molar-refractivity contribution in [3.05, 3.63) is 76.9 Å². The Hall–Kier alpha value is -2.55. The van der Waals surface area contributed by atoms with Crippen molar-refractivity contribution in [3.8, 4) is 0 Å². The summed E-state index contributed by atoms with van der Waals surface area (Å²) in [7, 11) is 3.61. The van der Waals surface area contributed by atoms with E-state index in [2.05, 4.69) is 54.7 Å². The highest BCUT2D eigenvalue weighted by Crippen LogP contribution is 2.51. The molecule has 128 valence electrons. The highest BCUT2D eigenvalue weighted by atomic mass is 16.2. The largest absolute Gasteiger partial charge is 0.377 e. The van der Waals surface area contributed by atoms with E-state index >= 15 is 0 Å². The first kappa shape index (κ1) is 15.9. The Morgan fingerprint density at radius 2 is 1.84 bits per heavy atom. The fourth-order valence-electron chi connectivity index (χ4n) is 4.28. The maximum Gasteiger partial charge on any atom is 0.255 e. The number of para-hydroxylation sites is 1. The average molecular weight is 332 g/mol. The number of nitrogens with zero attached hydrogens (tertiary/aromatic N) is 1. The minimum Gasteiger partial charge on any atom is -0.377 e. The molecule has 1 N–H and O–H groups in total. The Morgan fingerprint density at radius 1 is 1.08 bits per heavy atom. The number of rotatable bonds is 2. The summed E-state index contributed by atoms with van der Waals surface area (Å²) in [6.45, 7) is 2.17. The molecule has 0 spiro atoms. The van der Waals surface area contributed by atoms with Gasteiger partial charge in [0.1, 0.15) is 0 Å². The van der Waals surface area contributed by atoms with Crippen LogP contribution in [0.1, 0.15) is 45.4 Å². The number of amides is 1. The zero-order valence-corrected chi connectivity index (χ0v) is 15.0. The fraction of sp³-hybridized carbons (Fsp3) is 0.318. The van der Waals surface area contributed by atoms with Crippen molar-refractivity contribution in [2.24, 2.45) is 5.92 Å². The van der Waals surface area contributed by atoms with Crippen LogP contribution in [0.4, 0.5) is 5.69 Å². The van der Waals surface area contributed by atoms with Gasteiger partial charge >= 0.3 is 0 Å². The predicted octanol–water partition coefficient (Wildman–Crippen LogP) is 4.52. The molecule has 3 atom stereocenters. The quantitative estimate of drug-likeness (QED) is 0.820. The third-order valence-corrected chi connectivity index (χ3v) is 5.56. The molecule has 25 heavy (non-hydrogen) atoms. The Morgan fingerprint density at radius 3 is 2.60 bits per heavy atom. The van der Waals surface area contributed by atoms with E-state index in [0.29, 0.717) is 11.8 Å². The van der Waals surface area contributed by atoms with Crippen molar-refractivity contribution in [2.45, 2.75) is 25.3 Å². The van der Waals surface area contributed by atoms with E-state index in [4.69, 9.17) is 0 Å². The molecular weight excluding hydrogens is 308 g/mol. The second-order valence-electron chi connectivity index (χ2n) is 7.30. The van der Waals surface area contributed by atoms with Crippen LogP contribution in [0, 0.1) is 12.8 Å². The predicted molar refractivity (Wildman–Crippen MR) is 102 cm³/mol. The number of anilines is 1. The Balaban J connectivity index is 1.85. The van der Waals surface area contributed by atoms with E-state index in [1.807, 2.05) is 26.2 Å². The van der Waals surface area contributed by atoms with Gasteiger partial charge in [0, 0.05) is 20.0 Å². The second-order valence-corrected chi connectivity index (χ2v) is 7.30. The summed E-state index contributed by atoms with van der Waals surface area (Å²) < 4.78 is 0. The van der Waals surface area contributed by atoms with Gasteiger partial charge in [-0.05, 0) is 42.0 Å². The van der Waals surface area contributed by atoms with Gasteiger partial charge in [0.05, 0.1) is 17.3 Å². The molecule has 3 nitrogen and oxygen atoms in total. The molecule has 0 bridgehead atoms. The number of benzene rings is 2. The van der Waals surface area contributed by atoms with Gasteiger partial charge in [-0.1, -0.05) is 48.6 Å². The minimum absolute atomic E-state index is 0.0494. The summed E-state index contributed by atoms with van der Waals surface area (Å²) >= 11 is 0. The molecule has 2 aromatic rings. The maximum atomic E-state index is 12.7. The number of fused-ring (bicyclic) bond motifs is 3. The van der Waals surface area contributed by atoms with Crippen molar-refractivity contribution in [1.82, 2.24) is 4.90 Å². The molecule has 4 rings (SSSR count). The van der Waals surface area contributed by atoms with Gasteiger partial charge in [-0.3, -0.25) is 4.79 Å². The van der Waals surface area contributed by atoms with Gasteiger partial charge in [-0.15, -0.1) is 0 Å². The number of allylic oxidation sites excluding steroid dienone is 2. The molecule has 3 heteroatoms. The van der Waals surface area contributed by atoms with E-state index < -0.39 is 0 Å². The van der Waals surface area contributed by atoms with Crippen LogP contribution in [-0.2, 0) is 0 Å². The molecule has 1 aliphatic heterocycles. The van der Waals surface area contributed by atoms with Crippen molar-refractivity contribution >= 4 is 11.6 Å². The smallest absolute Gasteiger partial charge is 0.255 e. The summed E-state index contributed by atoms with van der Waals surface area (Å²) in [4.78, 5) is 14.3. The number of carbonyl (C=O) groups excluding carboxylic acids is 1. The zero-order chi connectivity index (χ0) is 17.6. The lowest BCUT2D eigenvalue weighted by atomic mass is 9.75. The summed E-state index contributed by atoms with van der Waals surface area (Å²) in [6, 6.07) is 14.9. The molecule has 1 heterocycles. The van der Waals surface area contributed by atoms with Crippen molar-refractivity contribution in [1.29, 1.82) is 0 Å². The summed E-state index contributed by atoms with van der Waals surface area (Å²) in [5.74, 6) is 0.919. The Bertz CT molecular complexity index is 853. The second kappa shape index (κ2) is 6.07. The van der Waals surface area contributed by atoms with Crippen LogP contribution in [0.2, 0.25) is 0 Å². The van der Waals surface area contributed by atoms with Gasteiger partial charge in [-0.25, -0.2) is 0 Å². The van der Waals surface area contributed by atoms with E-state index in [1.54, 1.807) is 4.90 Å². The van der Waals surface area contributed by atoms with Crippen LogP contribution in [0.5, 0.6) is 0 Å². The lowest BCUT2D eigenvalue weighted by molar-refractivity contribution is 0.0828. The van der Waals surface area contributed by atoms with E-state index in [1.165, 1.54) is 16.7 Å². The van der Waals surface area contributed by atoms with Gasteiger partial charge in [-0.2, -0.15) is 0 Å². The molecule has 1 aliphatic carbocycles. The van der Waals surface area contributed by atoms with E-state index in [9.17, 15) is 4.79 Å². The molecule has 0 saturated carbocycles. The van der Waals surface area contributed by atoms with Gasteiger partial charge in [0.2, 0.25) is 0 Å². The monoisotopic (exact) mass is 332 g/mol. The Kier molecular flexibility index (Phi) is 3.87. The molecule has 1 amide bonds. The van der Waals surface area contributed by atoms with Crippen LogP contribution < -0.4 is 5.32 Å². The first-order valence-corrected chi connectivity index (χ1v) is 8.91. The number of carbonyl (C=O) groups is 1. The Labute approximate surface area is 149 Å². The normalized spacial score (nSPS) is 23.6. The first-order valence-electron chi connectivity index (χ1n) is 8.91. The zero-order valence-electron chi connectivity index (χ0n) is 15.0. The van der Waals surface area contributed by atoms with Crippen LogP contribution in [-0.4, -0.2) is 24.9 Å². The fourth-order valence-corrected chi connectivity index (χ4v) is 4.28. The summed E-state index contributed by atoms with van der Waals surface area (Å²) in [5.41, 5.74) is 5.64. The van der Waals surface area contributed by atoms with Crippen LogP contribution in [0.15, 0.2) is 54.6 Å². The highest BCUT2D eigenvalue weighted by Gasteiger charge is 2.39. The lowest BCUT2D eigenvalue weighted by Crippen LogP contribution is -2.32. The molecule has 0 aromatic heterocycles. The van der Waals surface area contributed by atoms with Crippen molar-refractivity contribution < 1.29 is 4.79 Å². The van der Waals surface area contributed by atoms with Crippen molar-refractivity contribution in [2.75, 3.05) is 19.4 Å². The number of aryl methyl sites for hydroxylation is 1. The lowest BCUT2D eigenvalue weighted by Gasteiger charge is -2.39. The molecule has 2 aromatic carbocycles. The number of hydrogen-bond acceptors (Lipinski definition) is 2. The molecule has 0 fully saturated rings. The van der Waals surface area contributed by atoms with E-state index in [0.717, 1.165) is 17.7 Å². The SMILES string of the molecule is Cc1ccccc1C1Nc2c(C(=O)N(C)C)cccc2C2C=CCC21. The van der Waals surface area contributed by atoms with E-state index in [-0.39, 0.29) is 11.9 Å². The van der Waals surface area contributed by atoms with Crippen molar-refractivity contribution in [3.63, 3.8) is 0 Å². The molecule has 0 radical (unpaired) electrons. The van der Waals surface area contributed by atoms with Gasteiger partial charge in [0.15, 0.2) is 0 Å². The standard InChI is InChI=1S/C22H24N2O/c1-14-8-4-5-9-15(14)20-17-11-6-10-16(17)18-12-7-13-19(21(18)23-20)22(25)24(2)3/h4-10,12-13,16-17,20,23H,11H2,1-3H3. The van der Waals surface area contributed by atoms with Crippen LogP contribution >= 0.6 is 0 Å². The number of hydrogen-bond donors (Lipinski definition) is 1. The van der Waals surface area contributed by atoms with Crippen LogP contribution in [0.25, 0.3) is 0 Å². The van der Waals surface area contributed by atoms with Gasteiger partial charge < -0.3 is 10.2 Å². The topological polar surface area (TPSA) is 32.3 Å². The average Bonchev–Trinajstić information content (AvgIpc) is 3.10. The van der Waals surface area contributed by atoms with Crippen LogP contribution in [0.3, 0.4) is 0 Å². The first-order chi connectivity index (χ1) is 12.1. The summed E-state index contributed by atoms with van der Waals surface area (Å²) in [5, 5.41) is 3.74. The summed E-state index contributed by atoms with van der Waals surface area (Å²) in [6.07, 6.45) is 5.68. The van der Waals surface area contributed by atoms with Gasteiger partial charge in [0.25, 0.3) is 5.91 Å². The highest BCUT2D eigenvalue weighted by molar-refractivity contribution is 6.00. The molecule has 0 saturated heterocycles.